The molecular weight excluding hydrogens is 378 g/mol. The lowest BCUT2D eigenvalue weighted by atomic mass is 10.2. The third kappa shape index (κ3) is 5.12. The summed E-state index contributed by atoms with van der Waals surface area (Å²) in [5.74, 6) is -0.174. The van der Waals surface area contributed by atoms with E-state index in [1.165, 1.54) is 11.3 Å². The smallest absolute Gasteiger partial charge is 0.230 e. The van der Waals surface area contributed by atoms with E-state index in [0.717, 1.165) is 21.8 Å². The number of thiazole rings is 1. The van der Waals surface area contributed by atoms with Crippen molar-refractivity contribution < 1.29 is 13.2 Å². The van der Waals surface area contributed by atoms with Gasteiger partial charge in [0.2, 0.25) is 15.9 Å². The van der Waals surface area contributed by atoms with Crippen molar-refractivity contribution in [1.82, 2.24) is 4.98 Å². The monoisotopic (exact) mass is 393 g/mol. The number of carbonyl (C=O) groups is 1. The molecule has 0 atom stereocenters. The van der Waals surface area contributed by atoms with Gasteiger partial charge in [-0.2, -0.15) is 0 Å². The molecule has 2 N–H and O–H groups in total. The second kappa shape index (κ2) is 7.34. The average Bonchev–Trinajstić information content (AvgIpc) is 3.18. The maximum absolute atomic E-state index is 12.1. The third-order valence-corrected chi connectivity index (χ3v) is 5.63. The average molecular weight is 394 g/mol. The van der Waals surface area contributed by atoms with Crippen molar-refractivity contribution in [2.75, 3.05) is 16.3 Å². The van der Waals surface area contributed by atoms with Crippen LogP contribution in [0.15, 0.2) is 47.2 Å². The van der Waals surface area contributed by atoms with Crippen LogP contribution in [-0.2, 0) is 21.2 Å². The molecule has 0 radical (unpaired) electrons. The summed E-state index contributed by atoms with van der Waals surface area (Å²) in [7, 11) is -3.31. The molecule has 2 heterocycles. The van der Waals surface area contributed by atoms with Crippen molar-refractivity contribution in [1.29, 1.82) is 0 Å². The van der Waals surface area contributed by atoms with Gasteiger partial charge >= 0.3 is 0 Å². The molecule has 2 aromatic heterocycles. The molecule has 0 aliphatic heterocycles. The van der Waals surface area contributed by atoms with Crippen molar-refractivity contribution in [2.24, 2.45) is 0 Å². The Hall–Kier alpha value is -2.23. The van der Waals surface area contributed by atoms with E-state index in [2.05, 4.69) is 15.0 Å². The van der Waals surface area contributed by atoms with Crippen molar-refractivity contribution in [2.45, 2.75) is 6.42 Å². The Morgan fingerprint density at radius 1 is 1.12 bits per heavy atom. The Bertz CT molecular complexity index is 962. The Morgan fingerprint density at radius 2 is 1.84 bits per heavy atom. The Labute approximate surface area is 153 Å². The molecule has 25 heavy (non-hydrogen) atoms. The van der Waals surface area contributed by atoms with Gasteiger partial charge in [0.25, 0.3) is 0 Å². The molecule has 3 aromatic rings. The van der Waals surface area contributed by atoms with Crippen LogP contribution in [0.4, 0.5) is 11.4 Å². The second-order valence-electron chi connectivity index (χ2n) is 5.30. The van der Waals surface area contributed by atoms with Crippen molar-refractivity contribution in [3.63, 3.8) is 0 Å². The minimum absolute atomic E-state index is 0.174. The molecule has 1 aromatic carbocycles. The van der Waals surface area contributed by atoms with Crippen LogP contribution in [0.3, 0.4) is 0 Å². The summed E-state index contributed by atoms with van der Waals surface area (Å²) in [6, 6.07) is 10.4. The number of amides is 1. The Morgan fingerprint density at radius 3 is 2.48 bits per heavy atom. The number of nitrogens with zero attached hydrogens (tertiary/aromatic N) is 1. The zero-order valence-electron chi connectivity index (χ0n) is 13.2. The summed E-state index contributed by atoms with van der Waals surface area (Å²) in [5, 5.41) is 7.56. The van der Waals surface area contributed by atoms with Gasteiger partial charge in [-0.3, -0.25) is 9.52 Å². The van der Waals surface area contributed by atoms with Gasteiger partial charge in [-0.1, -0.05) is 6.07 Å². The van der Waals surface area contributed by atoms with Gasteiger partial charge < -0.3 is 5.32 Å². The van der Waals surface area contributed by atoms with E-state index in [9.17, 15) is 13.2 Å². The van der Waals surface area contributed by atoms with E-state index in [4.69, 9.17) is 0 Å². The lowest BCUT2D eigenvalue weighted by molar-refractivity contribution is -0.115. The van der Waals surface area contributed by atoms with E-state index >= 15 is 0 Å². The van der Waals surface area contributed by atoms with Gasteiger partial charge in [0, 0.05) is 16.8 Å². The van der Waals surface area contributed by atoms with Crippen LogP contribution in [0.25, 0.3) is 9.88 Å². The SMILES string of the molecule is CS(=O)(=O)Nc1ccc(NC(=O)Cc2csc(-c3cccs3)n2)cc1. The number of benzene rings is 1. The van der Waals surface area contributed by atoms with E-state index < -0.39 is 10.0 Å². The molecule has 0 fully saturated rings. The maximum atomic E-state index is 12.1. The lowest BCUT2D eigenvalue weighted by Crippen LogP contribution is -2.14. The fourth-order valence-corrected chi connectivity index (χ4v) is 4.31. The van der Waals surface area contributed by atoms with E-state index in [1.807, 2.05) is 22.9 Å². The molecule has 0 saturated carbocycles. The van der Waals surface area contributed by atoms with Gasteiger partial charge in [-0.15, -0.1) is 22.7 Å². The van der Waals surface area contributed by atoms with Crippen LogP contribution in [0.2, 0.25) is 0 Å². The molecule has 0 aliphatic carbocycles. The number of carbonyl (C=O) groups excluding carboxylic acids is 1. The van der Waals surface area contributed by atoms with Crippen LogP contribution in [0.5, 0.6) is 0 Å². The minimum Gasteiger partial charge on any atom is -0.326 e. The molecule has 1 amide bonds. The van der Waals surface area contributed by atoms with Crippen LogP contribution >= 0.6 is 22.7 Å². The third-order valence-electron chi connectivity index (χ3n) is 3.10. The minimum atomic E-state index is -3.31. The van der Waals surface area contributed by atoms with Crippen molar-refractivity contribution in [3.8, 4) is 9.88 Å². The predicted octanol–water partition coefficient (Wildman–Crippen LogP) is 3.42. The van der Waals surface area contributed by atoms with Gasteiger partial charge in [-0.05, 0) is 35.7 Å². The molecule has 9 heteroatoms. The van der Waals surface area contributed by atoms with Gasteiger partial charge in [0.15, 0.2) is 0 Å². The molecule has 0 saturated heterocycles. The highest BCUT2D eigenvalue weighted by Gasteiger charge is 2.10. The first kappa shape index (κ1) is 17.6. The number of hydrogen-bond donors (Lipinski definition) is 2. The number of hydrogen-bond acceptors (Lipinski definition) is 6. The lowest BCUT2D eigenvalue weighted by Gasteiger charge is -2.07. The summed E-state index contributed by atoms with van der Waals surface area (Å²) < 4.78 is 24.7. The van der Waals surface area contributed by atoms with Crippen LogP contribution in [-0.4, -0.2) is 25.6 Å². The second-order valence-corrected chi connectivity index (χ2v) is 8.85. The Kier molecular flexibility index (Phi) is 5.16. The van der Waals surface area contributed by atoms with Gasteiger partial charge in [-0.25, -0.2) is 13.4 Å². The van der Waals surface area contributed by atoms with E-state index in [-0.39, 0.29) is 12.3 Å². The topological polar surface area (TPSA) is 88.2 Å². The molecular formula is C16H15N3O3S3. The zero-order chi connectivity index (χ0) is 17.9. The standard InChI is InChI=1S/C16H15N3O3S3/c1-25(21,22)19-12-6-4-11(5-7-12)17-15(20)9-13-10-24-16(18-13)14-3-2-8-23-14/h2-8,10,19H,9H2,1H3,(H,17,20). The van der Waals surface area contributed by atoms with E-state index in [1.54, 1.807) is 35.6 Å². The highest BCUT2D eigenvalue weighted by molar-refractivity contribution is 7.92. The normalized spacial score (nSPS) is 11.2. The Balaban J connectivity index is 1.59. The van der Waals surface area contributed by atoms with E-state index in [0.29, 0.717) is 11.4 Å². The van der Waals surface area contributed by atoms with Crippen LogP contribution < -0.4 is 10.0 Å². The number of sulfonamides is 1. The van der Waals surface area contributed by atoms with Crippen molar-refractivity contribution in [3.05, 3.63) is 52.9 Å². The largest absolute Gasteiger partial charge is 0.326 e. The van der Waals surface area contributed by atoms with Gasteiger partial charge in [0.05, 0.1) is 23.2 Å². The molecule has 0 aliphatic rings. The van der Waals surface area contributed by atoms with Gasteiger partial charge in [0.1, 0.15) is 5.01 Å². The zero-order valence-corrected chi connectivity index (χ0v) is 15.7. The summed E-state index contributed by atoms with van der Waals surface area (Å²) in [6.45, 7) is 0. The fraction of sp³-hybridized carbons (Fsp3) is 0.125. The first-order valence-electron chi connectivity index (χ1n) is 7.25. The predicted molar refractivity (Wildman–Crippen MR) is 103 cm³/mol. The number of rotatable bonds is 6. The molecule has 6 nitrogen and oxygen atoms in total. The maximum Gasteiger partial charge on any atom is 0.230 e. The number of thiophene rings is 1. The molecule has 0 bridgehead atoms. The highest BCUT2D eigenvalue weighted by atomic mass is 32.2. The highest BCUT2D eigenvalue weighted by Crippen LogP contribution is 2.28. The number of nitrogens with one attached hydrogen (secondary N) is 2. The first-order valence-corrected chi connectivity index (χ1v) is 10.9. The fourth-order valence-electron chi connectivity index (χ4n) is 2.11. The summed E-state index contributed by atoms with van der Waals surface area (Å²) in [6.07, 6.45) is 1.27. The summed E-state index contributed by atoms with van der Waals surface area (Å²) >= 11 is 3.13. The number of anilines is 2. The quantitative estimate of drug-likeness (QED) is 0.672. The first-order chi connectivity index (χ1) is 11.9. The van der Waals surface area contributed by atoms with Crippen LogP contribution in [0, 0.1) is 0 Å². The molecule has 0 unspecified atom stereocenters. The summed E-state index contributed by atoms with van der Waals surface area (Å²) in [5.41, 5.74) is 1.76. The summed E-state index contributed by atoms with van der Waals surface area (Å²) in [4.78, 5) is 17.7. The molecule has 0 spiro atoms. The molecule has 3 rings (SSSR count). The number of aromatic nitrogens is 1. The van der Waals surface area contributed by atoms with Crippen molar-refractivity contribution >= 4 is 50.0 Å². The molecule has 130 valence electrons. The van der Waals surface area contributed by atoms with Crippen LogP contribution in [0.1, 0.15) is 5.69 Å².